The molecule has 0 saturated carbocycles. The summed E-state index contributed by atoms with van der Waals surface area (Å²) >= 11 is 0. The zero-order valence-electron chi connectivity index (χ0n) is 15.2. The van der Waals surface area contributed by atoms with E-state index in [1.54, 1.807) is 0 Å². The van der Waals surface area contributed by atoms with Gasteiger partial charge in [0.1, 0.15) is 0 Å². The van der Waals surface area contributed by atoms with E-state index in [1.165, 1.54) is 21.1 Å². The van der Waals surface area contributed by atoms with Crippen molar-refractivity contribution in [1.29, 1.82) is 0 Å². The van der Waals surface area contributed by atoms with Crippen molar-refractivity contribution in [3.8, 4) is 0 Å². The summed E-state index contributed by atoms with van der Waals surface area (Å²) < 4.78 is 15.2. The number of hydrogen-bond acceptors (Lipinski definition) is 11. The number of carbonyl (C=O) groups is 2. The lowest BCUT2D eigenvalue weighted by Crippen LogP contribution is -2.38. The highest BCUT2D eigenvalue weighted by atomic mass is 17.0. The van der Waals surface area contributed by atoms with Gasteiger partial charge in [-0.3, -0.25) is 9.59 Å². The third kappa shape index (κ3) is 4.19. The van der Waals surface area contributed by atoms with E-state index in [-0.39, 0.29) is 42.1 Å². The molecule has 0 aromatic carbocycles. The summed E-state index contributed by atoms with van der Waals surface area (Å²) in [7, 11) is 2.46. The molecule has 0 amide bonds. The summed E-state index contributed by atoms with van der Waals surface area (Å²) in [5.74, 6) is -1.53. The quantitative estimate of drug-likeness (QED) is 0.295. The first-order valence-corrected chi connectivity index (χ1v) is 8.06. The highest BCUT2D eigenvalue weighted by molar-refractivity contribution is 6.23. The minimum Gasteiger partial charge on any atom is -0.489 e. The molecule has 13 heteroatoms. The van der Waals surface area contributed by atoms with Gasteiger partial charge in [-0.2, -0.15) is 0 Å². The molecule has 1 saturated heterocycles. The number of nitrogens with zero attached hydrogens (tertiary/aromatic N) is 2. The van der Waals surface area contributed by atoms with Crippen molar-refractivity contribution < 1.29 is 43.6 Å². The van der Waals surface area contributed by atoms with Crippen molar-refractivity contribution in [2.24, 2.45) is 0 Å². The van der Waals surface area contributed by atoms with Gasteiger partial charge in [0.2, 0.25) is 23.1 Å². The van der Waals surface area contributed by atoms with Crippen molar-refractivity contribution in [3.63, 3.8) is 0 Å². The minimum atomic E-state index is -1.36. The molecular formula is C15H18N2O11. The molecule has 0 aromatic rings. The monoisotopic (exact) mass is 402 g/mol. The van der Waals surface area contributed by atoms with Gasteiger partial charge >= 0.3 is 0 Å². The fraction of sp³-hybridized carbons (Fsp3) is 0.600. The van der Waals surface area contributed by atoms with Gasteiger partial charge in [-0.05, 0) is 19.8 Å². The minimum absolute atomic E-state index is 0.00626. The van der Waals surface area contributed by atoms with Gasteiger partial charge < -0.3 is 23.9 Å². The molecule has 154 valence electrons. The number of methoxy groups -OCH3 is 2. The molecule has 1 heterocycles. The van der Waals surface area contributed by atoms with Gasteiger partial charge in [0.15, 0.2) is 12.2 Å². The Morgan fingerprint density at radius 1 is 1.04 bits per heavy atom. The summed E-state index contributed by atoms with van der Waals surface area (Å²) in [5.41, 5.74) is 0.273. The molecule has 0 radical (unpaired) electrons. The van der Waals surface area contributed by atoms with Gasteiger partial charge in [0.25, 0.3) is 10.2 Å². The normalized spacial score (nSPS) is 25.0. The maximum atomic E-state index is 12.6. The number of Topliss-reactive ketones (excluding diaryl/α,β-unsaturated/α-hetero) is 2. The Morgan fingerprint density at radius 3 is 2.14 bits per heavy atom. The van der Waals surface area contributed by atoms with Gasteiger partial charge in [0.05, 0.1) is 26.9 Å². The van der Waals surface area contributed by atoms with Crippen LogP contribution in [0.5, 0.6) is 0 Å². The Bertz CT molecular complexity index is 757. The molecule has 13 nitrogen and oxygen atoms in total. The SMILES string of the molecule is COC1=C(OC)C(=O)C(CC[C@H]2OC[C@@H](O[N+](=O)[O-])[C@H]2O[N+](=O)[O-])=C(C)C1=O. The molecule has 0 unspecified atom stereocenters. The number of ether oxygens (including phenoxy) is 3. The standard InChI is InChI=1S/C15H18N2O11/c1-7-8(12(19)15(25-3)14(24-2)11(7)18)4-5-9-13(28-17(22)23)10(6-26-9)27-16(20)21/h9-10,13H,4-6H2,1-3H3/t9-,10-,13+/m1/s1. The molecule has 0 bridgehead atoms. The Morgan fingerprint density at radius 2 is 1.61 bits per heavy atom. The second-order valence-corrected chi connectivity index (χ2v) is 5.90. The first-order chi connectivity index (χ1) is 13.2. The lowest BCUT2D eigenvalue weighted by Gasteiger charge is -2.23. The number of carbonyl (C=O) groups excluding carboxylic acids is 2. The van der Waals surface area contributed by atoms with Crippen LogP contribution in [0.2, 0.25) is 0 Å². The third-order valence-electron chi connectivity index (χ3n) is 4.41. The second-order valence-electron chi connectivity index (χ2n) is 5.90. The topological polar surface area (TPSA) is 167 Å². The zero-order chi connectivity index (χ0) is 21.0. The highest BCUT2D eigenvalue weighted by Crippen LogP contribution is 2.31. The lowest BCUT2D eigenvalue weighted by molar-refractivity contribution is -0.797. The Labute approximate surface area is 158 Å². The molecule has 0 N–H and O–H groups in total. The fourth-order valence-electron chi connectivity index (χ4n) is 3.11. The van der Waals surface area contributed by atoms with E-state index in [4.69, 9.17) is 14.2 Å². The smallest absolute Gasteiger partial charge is 0.294 e. The average molecular weight is 402 g/mol. The predicted octanol–water partition coefficient (Wildman–Crippen LogP) is 0.292. The molecule has 1 fully saturated rings. The van der Waals surface area contributed by atoms with E-state index in [1.807, 2.05) is 0 Å². The van der Waals surface area contributed by atoms with Crippen LogP contribution in [0.4, 0.5) is 0 Å². The molecule has 2 rings (SSSR count). The van der Waals surface area contributed by atoms with Gasteiger partial charge in [-0.1, -0.05) is 0 Å². The number of ketones is 2. The first kappa shape index (κ1) is 21.1. The van der Waals surface area contributed by atoms with Gasteiger partial charge in [0, 0.05) is 11.1 Å². The molecule has 0 aromatic heterocycles. The average Bonchev–Trinajstić information content (AvgIpc) is 2.98. The van der Waals surface area contributed by atoms with Crippen molar-refractivity contribution in [2.75, 3.05) is 20.8 Å². The number of allylic oxidation sites excluding steroid dienone is 2. The maximum absolute atomic E-state index is 12.6. The number of hydrogen-bond donors (Lipinski definition) is 0. The van der Waals surface area contributed by atoms with Crippen LogP contribution in [-0.2, 0) is 33.5 Å². The van der Waals surface area contributed by atoms with Crippen molar-refractivity contribution in [3.05, 3.63) is 42.9 Å². The molecule has 2 aliphatic rings. The van der Waals surface area contributed by atoms with Gasteiger partial charge in [-0.15, -0.1) is 20.2 Å². The van der Waals surface area contributed by atoms with Gasteiger partial charge in [-0.25, -0.2) is 0 Å². The fourth-order valence-corrected chi connectivity index (χ4v) is 3.11. The molecule has 0 spiro atoms. The summed E-state index contributed by atoms with van der Waals surface area (Å²) in [6, 6.07) is 0. The molecule has 1 aliphatic heterocycles. The van der Waals surface area contributed by atoms with E-state index in [9.17, 15) is 29.8 Å². The van der Waals surface area contributed by atoms with E-state index in [0.717, 1.165) is 0 Å². The summed E-state index contributed by atoms with van der Waals surface area (Å²) in [5, 5.41) is 19.0. The lowest BCUT2D eigenvalue weighted by atomic mass is 9.89. The van der Waals surface area contributed by atoms with Crippen molar-refractivity contribution in [2.45, 2.75) is 38.1 Å². The second kappa shape index (κ2) is 8.65. The van der Waals surface area contributed by atoms with Crippen LogP contribution in [-0.4, -0.2) is 60.9 Å². The largest absolute Gasteiger partial charge is 0.489 e. The first-order valence-electron chi connectivity index (χ1n) is 8.06. The Kier molecular flexibility index (Phi) is 6.51. The Balaban J connectivity index is 2.16. The molecule has 3 atom stereocenters. The summed E-state index contributed by atoms with van der Waals surface area (Å²) in [4.78, 5) is 55.0. The van der Waals surface area contributed by atoms with Crippen LogP contribution in [0, 0.1) is 20.2 Å². The molecular weight excluding hydrogens is 384 g/mol. The predicted molar refractivity (Wildman–Crippen MR) is 86.5 cm³/mol. The van der Waals surface area contributed by atoms with Crippen LogP contribution in [0.3, 0.4) is 0 Å². The van der Waals surface area contributed by atoms with Crippen LogP contribution < -0.4 is 0 Å². The van der Waals surface area contributed by atoms with E-state index in [0.29, 0.717) is 0 Å². The van der Waals surface area contributed by atoms with Crippen LogP contribution >= 0.6 is 0 Å². The summed E-state index contributed by atoms with van der Waals surface area (Å²) in [6.45, 7) is 1.15. The van der Waals surface area contributed by atoms with Crippen LogP contribution in [0.25, 0.3) is 0 Å². The van der Waals surface area contributed by atoms with Crippen LogP contribution in [0.1, 0.15) is 19.8 Å². The van der Waals surface area contributed by atoms with Crippen molar-refractivity contribution >= 4 is 11.6 Å². The summed E-state index contributed by atoms with van der Waals surface area (Å²) in [6.07, 6.45) is -3.60. The Hall–Kier alpha value is -3.22. The van der Waals surface area contributed by atoms with Crippen LogP contribution in [0.15, 0.2) is 22.7 Å². The zero-order valence-corrected chi connectivity index (χ0v) is 15.2. The maximum Gasteiger partial charge on any atom is 0.294 e. The van der Waals surface area contributed by atoms with Crippen molar-refractivity contribution in [1.82, 2.24) is 0 Å². The van der Waals surface area contributed by atoms with E-state index < -0.39 is 40.1 Å². The number of rotatable bonds is 9. The third-order valence-corrected chi connectivity index (χ3v) is 4.41. The van der Waals surface area contributed by atoms with E-state index >= 15 is 0 Å². The van der Waals surface area contributed by atoms with E-state index in [2.05, 4.69) is 9.68 Å². The highest BCUT2D eigenvalue weighted by Gasteiger charge is 2.43. The molecule has 28 heavy (non-hydrogen) atoms. The molecule has 1 aliphatic carbocycles.